The summed E-state index contributed by atoms with van der Waals surface area (Å²) < 4.78 is 10.9. The summed E-state index contributed by atoms with van der Waals surface area (Å²) >= 11 is 0. The van der Waals surface area contributed by atoms with Crippen LogP contribution in [0.2, 0.25) is 0 Å². The average molecular weight is 251 g/mol. The van der Waals surface area contributed by atoms with Gasteiger partial charge in [0.15, 0.2) is 0 Å². The van der Waals surface area contributed by atoms with E-state index in [1.807, 2.05) is 6.07 Å². The monoisotopic (exact) mass is 251 g/mol. The Balaban J connectivity index is 2.74. The second-order valence-electron chi connectivity index (χ2n) is 4.41. The predicted molar refractivity (Wildman–Crippen MR) is 75.3 cm³/mol. The Hall–Kier alpha value is -1.06. The molecule has 1 N–H and O–H groups in total. The Morgan fingerprint density at radius 3 is 2.61 bits per heavy atom. The molecule has 3 nitrogen and oxygen atoms in total. The summed E-state index contributed by atoms with van der Waals surface area (Å²) in [6.07, 6.45) is 1.06. The maximum atomic E-state index is 5.65. The van der Waals surface area contributed by atoms with Gasteiger partial charge in [0, 0.05) is 6.61 Å². The number of hydrogen-bond donors (Lipinski definition) is 1. The number of ether oxygens (including phenoxy) is 2. The lowest BCUT2D eigenvalue weighted by Crippen LogP contribution is -2.25. The molecular weight excluding hydrogens is 226 g/mol. The van der Waals surface area contributed by atoms with E-state index in [0.717, 1.165) is 30.9 Å². The molecule has 1 atom stereocenters. The molecule has 18 heavy (non-hydrogen) atoms. The molecule has 3 heteroatoms. The Morgan fingerprint density at radius 2 is 2.06 bits per heavy atom. The Kier molecular flexibility index (Phi) is 6.76. The van der Waals surface area contributed by atoms with Crippen LogP contribution in [0.1, 0.15) is 37.4 Å². The molecule has 0 radical (unpaired) electrons. The second kappa shape index (κ2) is 8.11. The highest BCUT2D eigenvalue weighted by Crippen LogP contribution is 2.22. The van der Waals surface area contributed by atoms with Crippen molar-refractivity contribution in [1.29, 1.82) is 0 Å². The van der Waals surface area contributed by atoms with Crippen LogP contribution in [-0.2, 0) is 4.74 Å². The maximum absolute atomic E-state index is 5.65. The van der Waals surface area contributed by atoms with E-state index in [1.165, 1.54) is 5.56 Å². The molecule has 0 aliphatic carbocycles. The van der Waals surface area contributed by atoms with Crippen LogP contribution in [0.3, 0.4) is 0 Å². The zero-order chi connectivity index (χ0) is 13.4. The van der Waals surface area contributed by atoms with Crippen molar-refractivity contribution in [1.82, 2.24) is 5.32 Å². The molecule has 1 aromatic rings. The summed E-state index contributed by atoms with van der Waals surface area (Å²) in [7, 11) is 1.70. The van der Waals surface area contributed by atoms with Gasteiger partial charge in [-0.25, -0.2) is 0 Å². The quantitative estimate of drug-likeness (QED) is 0.720. The van der Waals surface area contributed by atoms with Crippen LogP contribution in [0.25, 0.3) is 0 Å². The summed E-state index contributed by atoms with van der Waals surface area (Å²) in [5.41, 5.74) is 2.42. The average Bonchev–Trinajstić information content (AvgIpc) is 2.38. The van der Waals surface area contributed by atoms with Crippen LogP contribution >= 0.6 is 0 Å². The van der Waals surface area contributed by atoms with Crippen molar-refractivity contribution in [2.45, 2.75) is 33.2 Å². The molecule has 0 saturated carbocycles. The first-order valence-corrected chi connectivity index (χ1v) is 6.68. The van der Waals surface area contributed by atoms with Crippen LogP contribution in [0.5, 0.6) is 5.75 Å². The first kappa shape index (κ1) is 15.0. The van der Waals surface area contributed by atoms with Crippen molar-refractivity contribution in [2.24, 2.45) is 0 Å². The molecule has 0 fully saturated rings. The van der Waals surface area contributed by atoms with Gasteiger partial charge in [0.2, 0.25) is 0 Å². The number of rotatable bonds is 8. The van der Waals surface area contributed by atoms with Crippen molar-refractivity contribution < 1.29 is 9.47 Å². The molecule has 0 bridgehead atoms. The highest BCUT2D eigenvalue weighted by Gasteiger charge is 2.11. The highest BCUT2D eigenvalue weighted by atomic mass is 16.5. The first-order chi connectivity index (χ1) is 8.72. The van der Waals surface area contributed by atoms with Gasteiger partial charge in [0.25, 0.3) is 0 Å². The van der Waals surface area contributed by atoms with E-state index < -0.39 is 0 Å². The summed E-state index contributed by atoms with van der Waals surface area (Å²) in [5.74, 6) is 0.934. The van der Waals surface area contributed by atoms with Crippen LogP contribution < -0.4 is 10.1 Å². The van der Waals surface area contributed by atoms with E-state index in [4.69, 9.17) is 9.47 Å². The molecule has 1 unspecified atom stereocenters. The zero-order valence-corrected chi connectivity index (χ0v) is 12.0. The summed E-state index contributed by atoms with van der Waals surface area (Å²) in [4.78, 5) is 0. The van der Waals surface area contributed by atoms with E-state index in [2.05, 4.69) is 38.2 Å². The Morgan fingerprint density at radius 1 is 1.28 bits per heavy atom. The van der Waals surface area contributed by atoms with Crippen molar-refractivity contribution in [3.05, 3.63) is 29.3 Å². The molecule has 1 rings (SSSR count). The van der Waals surface area contributed by atoms with E-state index >= 15 is 0 Å². The molecule has 0 heterocycles. The van der Waals surface area contributed by atoms with E-state index in [1.54, 1.807) is 7.11 Å². The van der Waals surface area contributed by atoms with Gasteiger partial charge in [-0.15, -0.1) is 0 Å². The van der Waals surface area contributed by atoms with Crippen LogP contribution in [0.4, 0.5) is 0 Å². The smallest absolute Gasteiger partial charge is 0.121 e. The number of hydrogen-bond acceptors (Lipinski definition) is 3. The number of likely N-dealkylation sites (N-methyl/N-ethyl adjacent to an activating group) is 1. The second-order valence-corrected chi connectivity index (χ2v) is 4.41. The summed E-state index contributed by atoms with van der Waals surface area (Å²) in [6.45, 7) is 8.77. The third kappa shape index (κ3) is 4.31. The van der Waals surface area contributed by atoms with Crippen molar-refractivity contribution in [2.75, 3.05) is 26.9 Å². The lowest BCUT2D eigenvalue weighted by Gasteiger charge is -2.19. The highest BCUT2D eigenvalue weighted by molar-refractivity contribution is 5.37. The van der Waals surface area contributed by atoms with Crippen molar-refractivity contribution in [3.63, 3.8) is 0 Å². The fourth-order valence-corrected chi connectivity index (χ4v) is 1.98. The zero-order valence-electron chi connectivity index (χ0n) is 12.0. The van der Waals surface area contributed by atoms with Gasteiger partial charge in [-0.2, -0.15) is 0 Å². The Labute approximate surface area is 110 Å². The number of benzene rings is 1. The van der Waals surface area contributed by atoms with Gasteiger partial charge in [0.1, 0.15) is 5.75 Å². The number of nitrogens with one attached hydrogen (secondary N) is 1. The molecular formula is C15H25NO2. The van der Waals surface area contributed by atoms with Gasteiger partial charge in [-0.05, 0) is 37.1 Å². The van der Waals surface area contributed by atoms with E-state index in [9.17, 15) is 0 Å². The topological polar surface area (TPSA) is 30.5 Å². The van der Waals surface area contributed by atoms with Gasteiger partial charge < -0.3 is 14.8 Å². The largest absolute Gasteiger partial charge is 0.496 e. The standard InChI is InChI=1S/C15H25NO2/c1-5-9-18-11-14(16-6-2)13-7-8-15(17-4)12(3)10-13/h7-8,10,14,16H,5-6,9,11H2,1-4H3. The molecule has 0 aliphatic heterocycles. The first-order valence-electron chi connectivity index (χ1n) is 6.68. The lowest BCUT2D eigenvalue weighted by molar-refractivity contribution is 0.112. The van der Waals surface area contributed by atoms with Crippen molar-refractivity contribution >= 4 is 0 Å². The van der Waals surface area contributed by atoms with Crippen LogP contribution in [0.15, 0.2) is 18.2 Å². The normalized spacial score (nSPS) is 12.4. The van der Waals surface area contributed by atoms with E-state index in [-0.39, 0.29) is 6.04 Å². The minimum absolute atomic E-state index is 0.256. The minimum Gasteiger partial charge on any atom is -0.496 e. The predicted octanol–water partition coefficient (Wildman–Crippen LogP) is 3.08. The molecule has 0 amide bonds. The molecule has 0 aromatic heterocycles. The van der Waals surface area contributed by atoms with Gasteiger partial charge >= 0.3 is 0 Å². The molecule has 102 valence electrons. The third-order valence-corrected chi connectivity index (χ3v) is 2.90. The molecule has 1 aromatic carbocycles. The van der Waals surface area contributed by atoms with Gasteiger partial charge in [-0.3, -0.25) is 0 Å². The van der Waals surface area contributed by atoms with Gasteiger partial charge in [0.05, 0.1) is 19.8 Å². The number of methoxy groups -OCH3 is 1. The molecule has 0 saturated heterocycles. The SMILES string of the molecule is CCCOCC(NCC)c1ccc(OC)c(C)c1. The van der Waals surface area contributed by atoms with Crippen LogP contribution in [0, 0.1) is 6.92 Å². The van der Waals surface area contributed by atoms with Crippen molar-refractivity contribution in [3.8, 4) is 5.75 Å². The van der Waals surface area contributed by atoms with E-state index in [0.29, 0.717) is 6.61 Å². The molecule has 0 spiro atoms. The Bertz CT molecular complexity index is 352. The minimum atomic E-state index is 0.256. The summed E-state index contributed by atoms with van der Waals surface area (Å²) in [5, 5.41) is 3.46. The fraction of sp³-hybridized carbons (Fsp3) is 0.600. The van der Waals surface area contributed by atoms with Gasteiger partial charge in [-0.1, -0.05) is 26.0 Å². The van der Waals surface area contributed by atoms with Crippen LogP contribution in [-0.4, -0.2) is 26.9 Å². The lowest BCUT2D eigenvalue weighted by atomic mass is 10.0. The fourth-order valence-electron chi connectivity index (χ4n) is 1.98. The molecule has 0 aliphatic rings. The maximum Gasteiger partial charge on any atom is 0.121 e. The number of aryl methyl sites for hydroxylation is 1. The third-order valence-electron chi connectivity index (χ3n) is 2.90. The summed E-state index contributed by atoms with van der Waals surface area (Å²) in [6, 6.07) is 6.55.